The molecule has 2 unspecified atom stereocenters. The molecule has 2 aromatic carbocycles. The number of rotatable bonds is 5. The van der Waals surface area contributed by atoms with Gasteiger partial charge in [-0.3, -0.25) is 4.90 Å². The Labute approximate surface area is 142 Å². The van der Waals surface area contributed by atoms with Crippen LogP contribution in [0.3, 0.4) is 0 Å². The van der Waals surface area contributed by atoms with Gasteiger partial charge in [-0.2, -0.15) is 0 Å². The fraction of sp³-hybridized carbons (Fsp3) is 0.316. The van der Waals surface area contributed by atoms with E-state index in [0.717, 1.165) is 34.5 Å². The van der Waals surface area contributed by atoms with E-state index in [9.17, 15) is 4.79 Å². The first-order chi connectivity index (χ1) is 11.6. The van der Waals surface area contributed by atoms with Gasteiger partial charge in [-0.1, -0.05) is 12.1 Å². The van der Waals surface area contributed by atoms with Crippen LogP contribution in [0.4, 0.5) is 5.69 Å². The monoisotopic (exact) mass is 326 g/mol. The van der Waals surface area contributed by atoms with Crippen LogP contribution in [-0.4, -0.2) is 25.4 Å². The molecule has 1 aliphatic heterocycles. The van der Waals surface area contributed by atoms with Gasteiger partial charge in [0.1, 0.15) is 17.8 Å². The summed E-state index contributed by atoms with van der Waals surface area (Å²) >= 11 is 0. The van der Waals surface area contributed by atoms with Crippen LogP contribution in [-0.2, 0) is 11.3 Å². The lowest BCUT2D eigenvalue weighted by Gasteiger charge is -2.26. The van der Waals surface area contributed by atoms with E-state index in [-0.39, 0.29) is 12.1 Å². The number of nitrogens with zero attached hydrogens (tertiary/aromatic N) is 1. The van der Waals surface area contributed by atoms with E-state index in [0.29, 0.717) is 12.2 Å². The van der Waals surface area contributed by atoms with E-state index < -0.39 is 0 Å². The molecule has 0 saturated carbocycles. The lowest BCUT2D eigenvalue weighted by molar-refractivity contribution is -0.113. The highest BCUT2D eigenvalue weighted by Crippen LogP contribution is 2.43. The Hall–Kier alpha value is -2.53. The molecule has 24 heavy (non-hydrogen) atoms. The molecule has 1 heterocycles. The van der Waals surface area contributed by atoms with Gasteiger partial charge in [0.2, 0.25) is 0 Å². The van der Waals surface area contributed by atoms with Crippen molar-refractivity contribution in [3.63, 3.8) is 0 Å². The smallest absolute Gasteiger partial charge is 0.141 e. The number of nitrogen functional groups attached to an aromatic ring is 1. The zero-order chi connectivity index (χ0) is 17.3. The molecule has 1 aliphatic rings. The highest BCUT2D eigenvalue weighted by molar-refractivity contribution is 5.66. The van der Waals surface area contributed by atoms with Crippen LogP contribution in [0.15, 0.2) is 36.4 Å². The van der Waals surface area contributed by atoms with E-state index in [4.69, 9.17) is 15.2 Å². The molecule has 2 aromatic rings. The molecule has 0 aliphatic carbocycles. The normalized spacial score (nSPS) is 19.8. The fourth-order valence-electron chi connectivity index (χ4n) is 3.39. The van der Waals surface area contributed by atoms with Crippen molar-refractivity contribution in [3.05, 3.63) is 53.1 Å². The van der Waals surface area contributed by atoms with Gasteiger partial charge >= 0.3 is 0 Å². The van der Waals surface area contributed by atoms with Crippen LogP contribution in [0.1, 0.15) is 35.7 Å². The number of anilines is 1. The van der Waals surface area contributed by atoms with Crippen molar-refractivity contribution in [1.82, 2.24) is 4.90 Å². The molecule has 5 heteroatoms. The Bertz CT molecular complexity index is 760. The first-order valence-electron chi connectivity index (χ1n) is 7.90. The van der Waals surface area contributed by atoms with Gasteiger partial charge in [0.15, 0.2) is 0 Å². The van der Waals surface area contributed by atoms with Crippen molar-refractivity contribution in [1.29, 1.82) is 0 Å². The Morgan fingerprint density at radius 1 is 1.12 bits per heavy atom. The van der Waals surface area contributed by atoms with Crippen LogP contribution in [0.5, 0.6) is 11.5 Å². The van der Waals surface area contributed by atoms with E-state index >= 15 is 0 Å². The van der Waals surface area contributed by atoms with E-state index in [2.05, 4.69) is 11.8 Å². The number of nitrogens with two attached hydrogens (primary N) is 1. The van der Waals surface area contributed by atoms with E-state index in [1.54, 1.807) is 14.2 Å². The molecular formula is C19H22N2O3. The van der Waals surface area contributed by atoms with Gasteiger partial charge in [-0.15, -0.1) is 0 Å². The van der Waals surface area contributed by atoms with Crippen LogP contribution >= 0.6 is 0 Å². The van der Waals surface area contributed by atoms with Crippen molar-refractivity contribution >= 4 is 12.0 Å². The maximum atomic E-state index is 11.7. The summed E-state index contributed by atoms with van der Waals surface area (Å²) in [5.74, 6) is 1.50. The molecule has 0 radical (unpaired) electrons. The van der Waals surface area contributed by atoms with Crippen LogP contribution in [0, 0.1) is 0 Å². The second-order valence-corrected chi connectivity index (χ2v) is 6.00. The zero-order valence-electron chi connectivity index (χ0n) is 14.2. The summed E-state index contributed by atoms with van der Waals surface area (Å²) in [4.78, 5) is 13.9. The van der Waals surface area contributed by atoms with Crippen molar-refractivity contribution in [2.24, 2.45) is 0 Å². The van der Waals surface area contributed by atoms with Gasteiger partial charge in [0.25, 0.3) is 0 Å². The van der Waals surface area contributed by atoms with Gasteiger partial charge in [-0.05, 0) is 36.2 Å². The molecule has 2 atom stereocenters. The average molecular weight is 326 g/mol. The Balaban J connectivity index is 1.94. The topological polar surface area (TPSA) is 64.8 Å². The van der Waals surface area contributed by atoms with Crippen molar-refractivity contribution in [2.75, 3.05) is 20.0 Å². The summed E-state index contributed by atoms with van der Waals surface area (Å²) in [6.45, 7) is 2.70. The number of hydrogen-bond donors (Lipinski definition) is 1. The predicted octanol–water partition coefficient (Wildman–Crippen LogP) is 3.10. The third kappa shape index (κ3) is 2.71. The molecule has 0 fully saturated rings. The van der Waals surface area contributed by atoms with Crippen LogP contribution < -0.4 is 15.2 Å². The van der Waals surface area contributed by atoms with Gasteiger partial charge in [0.05, 0.1) is 20.3 Å². The minimum atomic E-state index is -0.276. The number of hydrogen-bond acceptors (Lipinski definition) is 5. The molecule has 3 rings (SSSR count). The first-order valence-corrected chi connectivity index (χ1v) is 7.90. The number of ether oxygens (including phenoxy) is 2. The maximum absolute atomic E-state index is 11.7. The number of aldehydes is 1. The number of methoxy groups -OCH3 is 2. The molecule has 126 valence electrons. The number of benzene rings is 2. The Kier molecular flexibility index (Phi) is 4.44. The molecular weight excluding hydrogens is 304 g/mol. The molecule has 0 aromatic heterocycles. The van der Waals surface area contributed by atoms with Gasteiger partial charge < -0.3 is 20.0 Å². The minimum Gasteiger partial charge on any atom is -0.497 e. The Morgan fingerprint density at radius 2 is 1.92 bits per heavy atom. The SMILES string of the molecule is COc1ccc(CN2C(C)c3cc(N)ccc3C2C=O)c(OC)c1. The lowest BCUT2D eigenvalue weighted by Crippen LogP contribution is -2.25. The lowest BCUT2D eigenvalue weighted by atomic mass is 10.0. The quantitative estimate of drug-likeness (QED) is 0.675. The zero-order valence-corrected chi connectivity index (χ0v) is 14.2. The summed E-state index contributed by atoms with van der Waals surface area (Å²) in [6, 6.07) is 11.3. The second-order valence-electron chi connectivity index (χ2n) is 6.00. The third-order valence-corrected chi connectivity index (χ3v) is 4.71. The number of carbonyl (C=O) groups excluding carboxylic acids is 1. The molecule has 0 amide bonds. The van der Waals surface area contributed by atoms with Crippen molar-refractivity contribution < 1.29 is 14.3 Å². The Morgan fingerprint density at radius 3 is 2.58 bits per heavy atom. The molecule has 0 bridgehead atoms. The van der Waals surface area contributed by atoms with Crippen LogP contribution in [0.25, 0.3) is 0 Å². The number of carbonyl (C=O) groups is 1. The third-order valence-electron chi connectivity index (χ3n) is 4.71. The highest BCUT2D eigenvalue weighted by atomic mass is 16.5. The van der Waals surface area contributed by atoms with Gasteiger partial charge in [-0.25, -0.2) is 0 Å². The molecule has 5 nitrogen and oxygen atoms in total. The first kappa shape index (κ1) is 16.3. The van der Waals surface area contributed by atoms with Gasteiger partial charge in [0, 0.05) is 29.9 Å². The predicted molar refractivity (Wildman–Crippen MR) is 93.2 cm³/mol. The maximum Gasteiger partial charge on any atom is 0.141 e. The fourth-order valence-corrected chi connectivity index (χ4v) is 3.39. The van der Waals surface area contributed by atoms with Crippen LogP contribution in [0.2, 0.25) is 0 Å². The van der Waals surface area contributed by atoms with Crippen molar-refractivity contribution in [2.45, 2.75) is 25.6 Å². The summed E-state index contributed by atoms with van der Waals surface area (Å²) in [6.07, 6.45) is 0.995. The summed E-state index contributed by atoms with van der Waals surface area (Å²) in [5, 5.41) is 0. The summed E-state index contributed by atoms with van der Waals surface area (Å²) in [7, 11) is 3.26. The standard InChI is InChI=1S/C19H22N2O3/c1-12-17-8-14(20)5-7-16(17)18(11-22)21(12)10-13-4-6-15(23-2)9-19(13)24-3/h4-9,11-12,18H,10,20H2,1-3H3. The highest BCUT2D eigenvalue weighted by Gasteiger charge is 2.36. The average Bonchev–Trinajstić information content (AvgIpc) is 2.86. The van der Waals surface area contributed by atoms with Crippen molar-refractivity contribution in [3.8, 4) is 11.5 Å². The largest absolute Gasteiger partial charge is 0.497 e. The molecule has 2 N–H and O–H groups in total. The number of fused-ring (bicyclic) bond motifs is 1. The molecule has 0 saturated heterocycles. The van der Waals surface area contributed by atoms with E-state index in [1.807, 2.05) is 36.4 Å². The summed E-state index contributed by atoms with van der Waals surface area (Å²) < 4.78 is 10.7. The second kappa shape index (κ2) is 6.53. The molecule has 0 spiro atoms. The summed E-state index contributed by atoms with van der Waals surface area (Å²) in [5.41, 5.74) is 9.78. The minimum absolute atomic E-state index is 0.102. The van der Waals surface area contributed by atoms with E-state index in [1.165, 1.54) is 0 Å².